The fraction of sp³-hybridized carbons (Fsp3) is 0.846. The second-order valence-electron chi connectivity index (χ2n) is 5.48. The summed E-state index contributed by atoms with van der Waals surface area (Å²) >= 11 is 0. The van der Waals surface area contributed by atoms with Crippen LogP contribution < -0.4 is 16.4 Å². The van der Waals surface area contributed by atoms with Crippen molar-refractivity contribution in [2.75, 3.05) is 32.7 Å². The Hall–Kier alpha value is -1.14. The van der Waals surface area contributed by atoms with Gasteiger partial charge in [0.05, 0.1) is 6.54 Å². The van der Waals surface area contributed by atoms with Crippen LogP contribution in [0.3, 0.4) is 0 Å². The smallest absolute Gasteiger partial charge is 0.321 e. The number of likely N-dealkylation sites (N-methyl/N-ethyl adjacent to an activating group) is 1. The van der Waals surface area contributed by atoms with Crippen molar-refractivity contribution in [3.63, 3.8) is 0 Å². The van der Waals surface area contributed by atoms with Crippen LogP contribution in [0.1, 0.15) is 34.1 Å². The molecule has 0 radical (unpaired) electrons. The van der Waals surface area contributed by atoms with Crippen molar-refractivity contribution >= 4 is 11.9 Å². The summed E-state index contributed by atoms with van der Waals surface area (Å²) in [4.78, 5) is 25.0. The standard InChI is InChI=1S/C13H28N4O2/c1-5-7-15-12(19)16-11(18)8-17(6-2)10-13(3,4)9-14/h5-10,14H2,1-4H3,(H2,15,16,18,19). The summed E-state index contributed by atoms with van der Waals surface area (Å²) in [5, 5.41) is 4.93. The number of urea groups is 1. The van der Waals surface area contributed by atoms with E-state index in [9.17, 15) is 9.59 Å². The lowest BCUT2D eigenvalue weighted by Crippen LogP contribution is -2.47. The molecule has 0 aliphatic carbocycles. The van der Waals surface area contributed by atoms with E-state index in [0.29, 0.717) is 13.1 Å². The summed E-state index contributed by atoms with van der Waals surface area (Å²) in [7, 11) is 0. The first-order chi connectivity index (χ1) is 8.84. The molecule has 4 N–H and O–H groups in total. The van der Waals surface area contributed by atoms with Crippen LogP contribution in [-0.2, 0) is 4.79 Å². The number of nitrogens with one attached hydrogen (secondary N) is 2. The van der Waals surface area contributed by atoms with Gasteiger partial charge in [-0.2, -0.15) is 0 Å². The van der Waals surface area contributed by atoms with Gasteiger partial charge in [0.25, 0.3) is 0 Å². The van der Waals surface area contributed by atoms with Crippen molar-refractivity contribution in [1.82, 2.24) is 15.5 Å². The third kappa shape index (κ3) is 8.56. The highest BCUT2D eigenvalue weighted by Gasteiger charge is 2.21. The number of nitrogens with two attached hydrogens (primary N) is 1. The van der Waals surface area contributed by atoms with E-state index in [1.165, 1.54) is 0 Å². The van der Waals surface area contributed by atoms with E-state index < -0.39 is 6.03 Å². The molecule has 6 heteroatoms. The van der Waals surface area contributed by atoms with Gasteiger partial charge in [0.1, 0.15) is 0 Å². The molecule has 0 aromatic heterocycles. The minimum atomic E-state index is -0.430. The largest absolute Gasteiger partial charge is 0.338 e. The quantitative estimate of drug-likeness (QED) is 0.601. The number of carbonyl (C=O) groups is 2. The van der Waals surface area contributed by atoms with Gasteiger partial charge in [-0.05, 0) is 24.9 Å². The Balaban J connectivity index is 4.17. The van der Waals surface area contributed by atoms with Crippen molar-refractivity contribution in [3.8, 4) is 0 Å². The summed E-state index contributed by atoms with van der Waals surface area (Å²) < 4.78 is 0. The van der Waals surface area contributed by atoms with Gasteiger partial charge in [0, 0.05) is 13.1 Å². The van der Waals surface area contributed by atoms with E-state index in [4.69, 9.17) is 5.73 Å². The van der Waals surface area contributed by atoms with Gasteiger partial charge in [-0.25, -0.2) is 4.79 Å². The van der Waals surface area contributed by atoms with Crippen LogP contribution in [0.25, 0.3) is 0 Å². The molecule has 0 rings (SSSR count). The molecule has 3 amide bonds. The molecule has 6 nitrogen and oxygen atoms in total. The first-order valence-corrected chi connectivity index (χ1v) is 6.84. The molecule has 0 bridgehead atoms. The van der Waals surface area contributed by atoms with Crippen LogP contribution >= 0.6 is 0 Å². The SMILES string of the molecule is CCCNC(=O)NC(=O)CN(CC)CC(C)(C)CN. The minimum absolute atomic E-state index is 0.0409. The number of rotatable bonds is 8. The topological polar surface area (TPSA) is 87.5 Å². The van der Waals surface area contributed by atoms with Gasteiger partial charge in [0.2, 0.25) is 5.91 Å². The summed E-state index contributed by atoms with van der Waals surface area (Å²) in [5.74, 6) is -0.289. The Bertz CT molecular complexity index is 292. The average Bonchev–Trinajstić information content (AvgIpc) is 2.35. The second-order valence-corrected chi connectivity index (χ2v) is 5.48. The fourth-order valence-corrected chi connectivity index (χ4v) is 1.60. The van der Waals surface area contributed by atoms with Gasteiger partial charge in [-0.1, -0.05) is 27.7 Å². The van der Waals surface area contributed by atoms with Crippen LogP contribution in [0.2, 0.25) is 0 Å². The van der Waals surface area contributed by atoms with E-state index in [-0.39, 0.29) is 17.9 Å². The molecular formula is C13H28N4O2. The maximum atomic E-state index is 11.7. The third-order valence-electron chi connectivity index (χ3n) is 2.81. The summed E-state index contributed by atoms with van der Waals surface area (Å²) in [6.45, 7) is 10.9. The molecule has 0 aliphatic heterocycles. The van der Waals surface area contributed by atoms with Gasteiger partial charge < -0.3 is 11.1 Å². The third-order valence-corrected chi connectivity index (χ3v) is 2.81. The van der Waals surface area contributed by atoms with Crippen molar-refractivity contribution in [1.29, 1.82) is 0 Å². The maximum Gasteiger partial charge on any atom is 0.321 e. The van der Waals surface area contributed by atoms with E-state index in [1.54, 1.807) is 0 Å². The molecule has 0 aromatic carbocycles. The van der Waals surface area contributed by atoms with Gasteiger partial charge in [-0.3, -0.25) is 15.0 Å². The number of amides is 3. The van der Waals surface area contributed by atoms with Crippen LogP contribution in [0.4, 0.5) is 4.79 Å². The van der Waals surface area contributed by atoms with E-state index >= 15 is 0 Å². The molecule has 0 saturated carbocycles. The van der Waals surface area contributed by atoms with Crippen molar-refractivity contribution < 1.29 is 9.59 Å². The monoisotopic (exact) mass is 272 g/mol. The Labute approximate surface area is 116 Å². The molecule has 0 spiro atoms. The highest BCUT2D eigenvalue weighted by molar-refractivity contribution is 5.95. The molecule has 0 heterocycles. The van der Waals surface area contributed by atoms with Crippen molar-refractivity contribution in [2.24, 2.45) is 11.1 Å². The highest BCUT2D eigenvalue weighted by atomic mass is 16.2. The molecule has 0 aliphatic rings. The summed E-state index contributed by atoms with van der Waals surface area (Å²) in [6.07, 6.45) is 0.841. The molecule has 0 unspecified atom stereocenters. The fourth-order valence-electron chi connectivity index (χ4n) is 1.60. The Morgan fingerprint density at radius 3 is 2.37 bits per heavy atom. The molecule has 0 aromatic rings. The van der Waals surface area contributed by atoms with E-state index in [0.717, 1.165) is 19.5 Å². The molecule has 0 fully saturated rings. The zero-order chi connectivity index (χ0) is 14.9. The molecule has 0 saturated heterocycles. The Morgan fingerprint density at radius 1 is 1.26 bits per heavy atom. The normalized spacial score (nSPS) is 11.5. The molecule has 0 atom stereocenters. The van der Waals surface area contributed by atoms with Crippen molar-refractivity contribution in [2.45, 2.75) is 34.1 Å². The predicted octanol–water partition coefficient (Wildman–Crippen LogP) is 0.529. The number of hydrogen-bond acceptors (Lipinski definition) is 4. The number of carbonyl (C=O) groups excluding carboxylic acids is 2. The summed E-state index contributed by atoms with van der Waals surface area (Å²) in [5.41, 5.74) is 5.64. The van der Waals surface area contributed by atoms with E-state index in [1.807, 2.05) is 18.7 Å². The maximum absolute atomic E-state index is 11.7. The lowest BCUT2D eigenvalue weighted by molar-refractivity contribution is -0.121. The molecule has 112 valence electrons. The van der Waals surface area contributed by atoms with Crippen molar-refractivity contribution in [3.05, 3.63) is 0 Å². The van der Waals surface area contributed by atoms with Gasteiger partial charge in [-0.15, -0.1) is 0 Å². The predicted molar refractivity (Wildman–Crippen MR) is 76.8 cm³/mol. The van der Waals surface area contributed by atoms with Crippen LogP contribution in [-0.4, -0.2) is 49.6 Å². The molecule has 19 heavy (non-hydrogen) atoms. The summed E-state index contributed by atoms with van der Waals surface area (Å²) in [6, 6.07) is -0.430. The average molecular weight is 272 g/mol. The lowest BCUT2D eigenvalue weighted by atomic mass is 9.93. The Morgan fingerprint density at radius 2 is 1.89 bits per heavy atom. The van der Waals surface area contributed by atoms with Crippen LogP contribution in [0, 0.1) is 5.41 Å². The van der Waals surface area contributed by atoms with Gasteiger partial charge >= 0.3 is 6.03 Å². The number of hydrogen-bond donors (Lipinski definition) is 3. The zero-order valence-electron chi connectivity index (χ0n) is 12.6. The van der Waals surface area contributed by atoms with Crippen LogP contribution in [0.5, 0.6) is 0 Å². The first kappa shape index (κ1) is 17.9. The van der Waals surface area contributed by atoms with Gasteiger partial charge in [0.15, 0.2) is 0 Å². The Kier molecular flexibility index (Phi) is 8.34. The number of imide groups is 1. The zero-order valence-corrected chi connectivity index (χ0v) is 12.6. The first-order valence-electron chi connectivity index (χ1n) is 6.84. The van der Waals surface area contributed by atoms with E-state index in [2.05, 4.69) is 24.5 Å². The lowest BCUT2D eigenvalue weighted by Gasteiger charge is -2.30. The van der Waals surface area contributed by atoms with Crippen LogP contribution in [0.15, 0.2) is 0 Å². The second kappa shape index (κ2) is 8.87. The molecular weight excluding hydrogens is 244 g/mol. The highest BCUT2D eigenvalue weighted by Crippen LogP contribution is 2.14. The number of nitrogens with zero attached hydrogens (tertiary/aromatic N) is 1. The minimum Gasteiger partial charge on any atom is -0.338 e.